The maximum Gasteiger partial charge on any atom is 0.0751 e. The van der Waals surface area contributed by atoms with E-state index in [1.54, 1.807) is 6.26 Å². The summed E-state index contributed by atoms with van der Waals surface area (Å²) in [6.07, 6.45) is 1.70. The van der Waals surface area contributed by atoms with Crippen LogP contribution in [0.5, 0.6) is 0 Å². The summed E-state index contributed by atoms with van der Waals surface area (Å²) in [5, 5.41) is 1.13. The number of benzene rings is 2. The van der Waals surface area contributed by atoms with Gasteiger partial charge in [-0.2, -0.15) is 0 Å². The first-order chi connectivity index (χ1) is 9.66. The number of rotatable bonds is 2. The third-order valence-electron chi connectivity index (χ3n) is 3.37. The summed E-state index contributed by atoms with van der Waals surface area (Å²) in [6, 6.07) is 18.0. The highest BCUT2D eigenvalue weighted by Gasteiger charge is 2.12. The van der Waals surface area contributed by atoms with Gasteiger partial charge in [-0.05, 0) is 30.7 Å². The fourth-order valence-corrected chi connectivity index (χ4v) is 3.15. The molecule has 3 aromatic rings. The predicted octanol–water partition coefficient (Wildman–Crippen LogP) is 3.95. The van der Waals surface area contributed by atoms with Gasteiger partial charge in [-0.25, -0.2) is 4.98 Å². The topological polar surface area (TPSA) is 30.0 Å². The van der Waals surface area contributed by atoms with E-state index in [-0.39, 0.29) is 0 Å². The van der Waals surface area contributed by atoms with Crippen LogP contribution in [0.15, 0.2) is 59.5 Å². The molecule has 0 bridgehead atoms. The van der Waals surface area contributed by atoms with E-state index in [9.17, 15) is 4.21 Å². The fourth-order valence-electron chi connectivity index (χ4n) is 2.41. The van der Waals surface area contributed by atoms with Crippen molar-refractivity contribution in [2.75, 3.05) is 6.26 Å². The lowest BCUT2D eigenvalue weighted by Gasteiger charge is -2.10. The van der Waals surface area contributed by atoms with Gasteiger partial charge in [0.2, 0.25) is 0 Å². The van der Waals surface area contributed by atoms with Crippen LogP contribution in [0.4, 0.5) is 0 Å². The highest BCUT2D eigenvalue weighted by Crippen LogP contribution is 2.29. The molecule has 1 heterocycles. The molecule has 1 atom stereocenters. The van der Waals surface area contributed by atoms with Crippen molar-refractivity contribution < 1.29 is 4.21 Å². The molecule has 0 fully saturated rings. The molecule has 0 radical (unpaired) electrons. The number of hydrogen-bond donors (Lipinski definition) is 0. The van der Waals surface area contributed by atoms with Crippen molar-refractivity contribution in [1.82, 2.24) is 4.98 Å². The maximum absolute atomic E-state index is 11.9. The number of para-hydroxylation sites is 1. The smallest absolute Gasteiger partial charge is 0.0751 e. The highest BCUT2D eigenvalue weighted by atomic mass is 32.2. The molecule has 3 heteroatoms. The van der Waals surface area contributed by atoms with E-state index in [0.29, 0.717) is 0 Å². The third-order valence-corrected chi connectivity index (χ3v) is 4.34. The van der Waals surface area contributed by atoms with E-state index in [2.05, 4.69) is 12.1 Å². The third kappa shape index (κ3) is 2.25. The molecule has 1 aromatic heterocycles. The number of aryl methyl sites for hydroxylation is 1. The Labute approximate surface area is 120 Å². The average molecular weight is 281 g/mol. The average Bonchev–Trinajstić information content (AvgIpc) is 2.46. The first-order valence-electron chi connectivity index (χ1n) is 6.46. The van der Waals surface area contributed by atoms with Crippen LogP contribution in [0.2, 0.25) is 0 Å². The van der Waals surface area contributed by atoms with Crippen LogP contribution in [0.25, 0.3) is 22.2 Å². The van der Waals surface area contributed by atoms with Gasteiger partial charge >= 0.3 is 0 Å². The molecule has 0 aliphatic rings. The summed E-state index contributed by atoms with van der Waals surface area (Å²) < 4.78 is 11.9. The van der Waals surface area contributed by atoms with Crippen molar-refractivity contribution in [2.24, 2.45) is 0 Å². The van der Waals surface area contributed by atoms with Crippen molar-refractivity contribution in [3.8, 4) is 11.3 Å². The van der Waals surface area contributed by atoms with Crippen molar-refractivity contribution in [3.05, 3.63) is 60.2 Å². The lowest BCUT2D eigenvalue weighted by atomic mass is 10.0. The molecule has 1 unspecified atom stereocenters. The fraction of sp³-hybridized carbons (Fsp3) is 0.118. The molecular weight excluding hydrogens is 266 g/mol. The number of nitrogens with zero attached hydrogens (tertiary/aromatic N) is 1. The normalized spacial score (nSPS) is 12.5. The van der Waals surface area contributed by atoms with Crippen molar-refractivity contribution in [1.29, 1.82) is 0 Å². The van der Waals surface area contributed by atoms with Crippen molar-refractivity contribution in [3.63, 3.8) is 0 Å². The zero-order chi connectivity index (χ0) is 14.1. The Morgan fingerprint density at radius 3 is 2.50 bits per heavy atom. The van der Waals surface area contributed by atoms with Gasteiger partial charge < -0.3 is 0 Å². The lowest BCUT2D eigenvalue weighted by Crippen LogP contribution is -1.96. The summed E-state index contributed by atoms with van der Waals surface area (Å²) in [7, 11) is -1.02. The minimum absolute atomic E-state index is 0.832. The van der Waals surface area contributed by atoms with E-state index >= 15 is 0 Å². The number of hydrogen-bond acceptors (Lipinski definition) is 2. The summed E-state index contributed by atoms with van der Waals surface area (Å²) >= 11 is 0. The molecule has 0 aliphatic carbocycles. The Bertz CT molecular complexity index is 811. The van der Waals surface area contributed by atoms with E-state index in [4.69, 9.17) is 4.98 Å². The summed E-state index contributed by atoms with van der Waals surface area (Å²) in [5.41, 5.74) is 3.93. The van der Waals surface area contributed by atoms with E-state index in [1.807, 2.05) is 49.4 Å². The first-order valence-corrected chi connectivity index (χ1v) is 8.02. The standard InChI is InChI=1S/C17H15NOS/c1-12-11-13-7-3-5-9-15(13)18-17(12)14-8-4-6-10-16(14)20(2)19/h3-11H,1-2H3. The molecule has 0 N–H and O–H groups in total. The molecule has 20 heavy (non-hydrogen) atoms. The van der Waals surface area contributed by atoms with Gasteiger partial charge in [-0.15, -0.1) is 0 Å². The van der Waals surface area contributed by atoms with Crippen LogP contribution >= 0.6 is 0 Å². The Hall–Kier alpha value is -2.00. The molecule has 0 spiro atoms. The minimum atomic E-state index is -1.02. The summed E-state index contributed by atoms with van der Waals surface area (Å²) in [4.78, 5) is 5.59. The van der Waals surface area contributed by atoms with Crippen LogP contribution in [-0.4, -0.2) is 15.4 Å². The van der Waals surface area contributed by atoms with E-state index < -0.39 is 10.8 Å². The largest absolute Gasteiger partial charge is 0.255 e. The first kappa shape index (κ1) is 13.0. The molecule has 0 aliphatic heterocycles. The van der Waals surface area contributed by atoms with Gasteiger partial charge in [-0.3, -0.25) is 4.21 Å². The van der Waals surface area contributed by atoms with Crippen molar-refractivity contribution in [2.45, 2.75) is 11.8 Å². The predicted molar refractivity (Wildman–Crippen MR) is 84.2 cm³/mol. The number of pyridine rings is 1. The van der Waals surface area contributed by atoms with Gasteiger partial charge in [0.25, 0.3) is 0 Å². The quantitative estimate of drug-likeness (QED) is 0.712. The molecule has 0 amide bonds. The Morgan fingerprint density at radius 2 is 1.70 bits per heavy atom. The molecular formula is C17H15NOS. The lowest BCUT2D eigenvalue weighted by molar-refractivity contribution is 0.687. The highest BCUT2D eigenvalue weighted by molar-refractivity contribution is 7.84. The Balaban J connectivity index is 2.29. The second-order valence-corrected chi connectivity index (χ2v) is 6.14. The van der Waals surface area contributed by atoms with Crippen LogP contribution < -0.4 is 0 Å². The van der Waals surface area contributed by atoms with Crippen LogP contribution in [0.3, 0.4) is 0 Å². The van der Waals surface area contributed by atoms with Crippen LogP contribution in [0, 0.1) is 6.92 Å². The Morgan fingerprint density at radius 1 is 1.00 bits per heavy atom. The van der Waals surface area contributed by atoms with Gasteiger partial charge in [0, 0.05) is 22.1 Å². The van der Waals surface area contributed by atoms with E-state index in [0.717, 1.165) is 32.6 Å². The van der Waals surface area contributed by atoms with Crippen LogP contribution in [0.1, 0.15) is 5.56 Å². The molecule has 0 saturated heterocycles. The van der Waals surface area contributed by atoms with E-state index in [1.165, 1.54) is 0 Å². The zero-order valence-corrected chi connectivity index (χ0v) is 12.3. The van der Waals surface area contributed by atoms with Gasteiger partial charge in [-0.1, -0.05) is 36.4 Å². The second-order valence-electron chi connectivity index (χ2n) is 4.80. The number of aromatic nitrogens is 1. The zero-order valence-electron chi connectivity index (χ0n) is 11.5. The maximum atomic E-state index is 11.9. The SMILES string of the molecule is Cc1cc2ccccc2nc1-c1ccccc1S(C)=O. The minimum Gasteiger partial charge on any atom is -0.255 e. The number of fused-ring (bicyclic) bond motifs is 1. The second kappa shape index (κ2) is 5.17. The van der Waals surface area contributed by atoms with Gasteiger partial charge in [0.05, 0.1) is 22.0 Å². The molecule has 2 nitrogen and oxygen atoms in total. The van der Waals surface area contributed by atoms with Crippen molar-refractivity contribution >= 4 is 21.7 Å². The molecule has 2 aromatic carbocycles. The summed E-state index contributed by atoms with van der Waals surface area (Å²) in [6.45, 7) is 2.05. The van der Waals surface area contributed by atoms with Crippen LogP contribution in [-0.2, 0) is 10.8 Å². The monoisotopic (exact) mass is 281 g/mol. The molecule has 0 saturated carbocycles. The van der Waals surface area contributed by atoms with Gasteiger partial charge in [0.1, 0.15) is 0 Å². The Kier molecular flexibility index (Phi) is 3.36. The summed E-state index contributed by atoms with van der Waals surface area (Å²) in [5.74, 6) is 0. The van der Waals surface area contributed by atoms with Gasteiger partial charge in [0.15, 0.2) is 0 Å². The molecule has 100 valence electrons. The molecule has 3 rings (SSSR count).